The normalized spacial score (nSPS) is 23.2. The van der Waals surface area contributed by atoms with Crippen molar-refractivity contribution in [2.45, 2.75) is 56.7 Å². The zero-order chi connectivity index (χ0) is 21.7. The summed E-state index contributed by atoms with van der Waals surface area (Å²) in [7, 11) is 5.25. The van der Waals surface area contributed by atoms with Crippen LogP contribution in [0, 0.1) is 17.6 Å². The second-order valence-corrected chi connectivity index (χ2v) is 8.56. The van der Waals surface area contributed by atoms with E-state index >= 15 is 0 Å². The first-order valence-corrected chi connectivity index (χ1v) is 10.8. The Hall–Kier alpha value is -2.22. The van der Waals surface area contributed by atoms with Gasteiger partial charge < -0.3 is 20.9 Å². The topological polar surface area (TPSA) is 68.8 Å². The molecule has 8 heteroatoms. The lowest BCUT2D eigenvalue weighted by molar-refractivity contribution is -0.126. The van der Waals surface area contributed by atoms with Crippen molar-refractivity contribution in [1.29, 1.82) is 0 Å². The van der Waals surface area contributed by atoms with E-state index in [1.54, 1.807) is 26.0 Å². The van der Waals surface area contributed by atoms with Crippen molar-refractivity contribution in [1.82, 2.24) is 20.9 Å². The standard InChI is InChI=1S/C22H33F2N5O/c1-25-22(26-13-19(29(2)3)20-17(23)8-5-9-18(20)24)28-16-7-4-6-14(12-16)21(30)27-15-10-11-15/h5,8-9,14-16,19H,4,6-7,10-13H2,1-3H3,(H,27,30)(H2,25,26,28). The Morgan fingerprint density at radius 3 is 2.43 bits per heavy atom. The lowest BCUT2D eigenvalue weighted by atomic mass is 9.85. The van der Waals surface area contributed by atoms with Gasteiger partial charge in [0.1, 0.15) is 11.6 Å². The van der Waals surface area contributed by atoms with Gasteiger partial charge in [0.25, 0.3) is 0 Å². The molecule has 2 aliphatic carbocycles. The van der Waals surface area contributed by atoms with Crippen LogP contribution >= 0.6 is 0 Å². The number of hydrogen-bond donors (Lipinski definition) is 3. The molecule has 3 N–H and O–H groups in total. The highest BCUT2D eigenvalue weighted by Gasteiger charge is 2.31. The lowest BCUT2D eigenvalue weighted by Gasteiger charge is -2.31. The Labute approximate surface area is 177 Å². The molecule has 1 amide bonds. The van der Waals surface area contributed by atoms with Crippen molar-refractivity contribution in [3.05, 3.63) is 35.4 Å². The molecule has 0 aliphatic heterocycles. The minimum atomic E-state index is -0.560. The summed E-state index contributed by atoms with van der Waals surface area (Å²) in [5, 5.41) is 9.69. The third-order valence-corrected chi connectivity index (χ3v) is 5.95. The van der Waals surface area contributed by atoms with Crippen LogP contribution in [0.1, 0.15) is 50.1 Å². The summed E-state index contributed by atoms with van der Waals surface area (Å²) in [5.74, 6) is -0.357. The van der Waals surface area contributed by atoms with Gasteiger partial charge in [-0.1, -0.05) is 12.5 Å². The van der Waals surface area contributed by atoms with Crippen LogP contribution in [0.25, 0.3) is 0 Å². The molecule has 166 valence electrons. The highest BCUT2D eigenvalue weighted by atomic mass is 19.1. The van der Waals surface area contributed by atoms with Crippen LogP contribution in [0.15, 0.2) is 23.2 Å². The van der Waals surface area contributed by atoms with Gasteiger partial charge in [0.2, 0.25) is 5.91 Å². The maximum absolute atomic E-state index is 14.3. The fourth-order valence-corrected chi connectivity index (χ4v) is 4.06. The Morgan fingerprint density at radius 2 is 1.83 bits per heavy atom. The first kappa shape index (κ1) is 22.5. The van der Waals surface area contributed by atoms with Crippen LogP contribution < -0.4 is 16.0 Å². The van der Waals surface area contributed by atoms with E-state index in [0.29, 0.717) is 18.5 Å². The maximum Gasteiger partial charge on any atom is 0.223 e. The molecule has 3 rings (SSSR count). The predicted octanol–water partition coefficient (Wildman–Crippen LogP) is 2.57. The molecule has 2 aliphatic rings. The quantitative estimate of drug-likeness (QED) is 0.468. The summed E-state index contributed by atoms with van der Waals surface area (Å²) in [6.07, 6.45) is 5.81. The Morgan fingerprint density at radius 1 is 1.13 bits per heavy atom. The Balaban J connectivity index is 1.57. The molecule has 3 atom stereocenters. The molecule has 0 spiro atoms. The van der Waals surface area contributed by atoms with Crippen molar-refractivity contribution >= 4 is 11.9 Å². The highest BCUT2D eigenvalue weighted by Crippen LogP contribution is 2.27. The molecular formula is C22H33F2N5O. The van der Waals surface area contributed by atoms with Crippen molar-refractivity contribution in [3.8, 4) is 0 Å². The second kappa shape index (κ2) is 10.2. The lowest BCUT2D eigenvalue weighted by Crippen LogP contribution is -2.48. The molecule has 6 nitrogen and oxygen atoms in total. The van der Waals surface area contributed by atoms with Crippen molar-refractivity contribution < 1.29 is 13.6 Å². The molecule has 1 aromatic rings. The third-order valence-electron chi connectivity index (χ3n) is 5.95. The number of rotatable bonds is 7. The molecule has 3 unspecified atom stereocenters. The molecule has 1 aromatic carbocycles. The number of nitrogens with zero attached hydrogens (tertiary/aromatic N) is 2. The maximum atomic E-state index is 14.3. The first-order chi connectivity index (χ1) is 14.4. The Bertz CT molecular complexity index is 746. The van der Waals surface area contributed by atoms with Crippen LogP contribution in [-0.4, -0.2) is 56.5 Å². The third kappa shape index (κ3) is 5.90. The van der Waals surface area contributed by atoms with Crippen molar-refractivity contribution in [2.24, 2.45) is 10.9 Å². The average molecular weight is 422 g/mol. The fourth-order valence-electron chi connectivity index (χ4n) is 4.06. The van der Waals surface area contributed by atoms with Crippen LogP contribution in [0.2, 0.25) is 0 Å². The number of benzene rings is 1. The molecule has 30 heavy (non-hydrogen) atoms. The minimum absolute atomic E-state index is 0.0250. The number of likely N-dealkylation sites (N-methyl/N-ethyl adjacent to an activating group) is 1. The second-order valence-electron chi connectivity index (χ2n) is 8.56. The zero-order valence-electron chi connectivity index (χ0n) is 18.0. The number of carbonyl (C=O) groups excluding carboxylic acids is 1. The van der Waals surface area contributed by atoms with E-state index in [4.69, 9.17) is 0 Å². The number of aliphatic imine (C=N–C) groups is 1. The number of nitrogens with one attached hydrogen (secondary N) is 3. The van der Waals surface area contributed by atoms with Gasteiger partial charge >= 0.3 is 0 Å². The number of amides is 1. The van der Waals surface area contributed by atoms with Gasteiger partial charge in [-0.2, -0.15) is 0 Å². The van der Waals surface area contributed by atoms with Gasteiger partial charge in [0.05, 0.1) is 6.04 Å². The van der Waals surface area contributed by atoms with Gasteiger partial charge in [0.15, 0.2) is 5.96 Å². The largest absolute Gasteiger partial charge is 0.354 e. The van der Waals surface area contributed by atoms with Gasteiger partial charge in [-0.15, -0.1) is 0 Å². The van der Waals surface area contributed by atoms with Gasteiger partial charge in [-0.05, 0) is 58.3 Å². The first-order valence-electron chi connectivity index (χ1n) is 10.8. The number of carbonyl (C=O) groups is 1. The van der Waals surface area contributed by atoms with Gasteiger partial charge in [-0.25, -0.2) is 8.78 Å². The van der Waals surface area contributed by atoms with Crippen molar-refractivity contribution in [3.63, 3.8) is 0 Å². The van der Waals surface area contributed by atoms with E-state index in [2.05, 4.69) is 20.9 Å². The van der Waals surface area contributed by atoms with Gasteiger partial charge in [0, 0.05) is 37.2 Å². The van der Waals surface area contributed by atoms with E-state index in [9.17, 15) is 13.6 Å². The van der Waals surface area contributed by atoms with Gasteiger partial charge in [-0.3, -0.25) is 9.79 Å². The molecular weight excluding hydrogens is 388 g/mol. The summed E-state index contributed by atoms with van der Waals surface area (Å²) in [4.78, 5) is 18.4. The fraction of sp³-hybridized carbons (Fsp3) is 0.636. The van der Waals surface area contributed by atoms with E-state index in [0.717, 1.165) is 38.5 Å². The average Bonchev–Trinajstić information content (AvgIpc) is 3.53. The SMILES string of the molecule is CN=C(NCC(c1c(F)cccc1F)N(C)C)NC1CCCC(C(=O)NC2CC2)C1. The molecule has 0 saturated heterocycles. The predicted molar refractivity (Wildman–Crippen MR) is 114 cm³/mol. The number of guanidine groups is 1. The molecule has 0 aromatic heterocycles. The van der Waals surface area contributed by atoms with E-state index in [1.807, 2.05) is 0 Å². The zero-order valence-corrected chi connectivity index (χ0v) is 18.0. The summed E-state index contributed by atoms with van der Waals surface area (Å²) in [6, 6.07) is 3.94. The smallest absolute Gasteiger partial charge is 0.223 e. The van der Waals surface area contributed by atoms with E-state index in [-0.39, 0.29) is 23.4 Å². The Kier molecular flexibility index (Phi) is 7.64. The van der Waals surface area contributed by atoms with Crippen molar-refractivity contribution in [2.75, 3.05) is 27.7 Å². The number of hydrogen-bond acceptors (Lipinski definition) is 3. The summed E-state index contributed by atoms with van der Waals surface area (Å²) in [6.45, 7) is 0.294. The van der Waals surface area contributed by atoms with E-state index < -0.39 is 17.7 Å². The summed E-state index contributed by atoms with van der Waals surface area (Å²) >= 11 is 0. The number of halogens is 2. The molecule has 0 heterocycles. The van der Waals surface area contributed by atoms with Crippen LogP contribution in [0.5, 0.6) is 0 Å². The molecule has 0 bridgehead atoms. The molecule has 2 fully saturated rings. The molecule has 2 saturated carbocycles. The van der Waals surface area contributed by atoms with Crippen LogP contribution in [0.4, 0.5) is 8.78 Å². The van der Waals surface area contributed by atoms with E-state index in [1.165, 1.54) is 18.2 Å². The summed E-state index contributed by atoms with van der Waals surface area (Å²) in [5.41, 5.74) is 0.0416. The van der Waals surface area contributed by atoms with Crippen LogP contribution in [0.3, 0.4) is 0 Å². The summed E-state index contributed by atoms with van der Waals surface area (Å²) < 4.78 is 28.6. The van der Waals surface area contributed by atoms with Crippen LogP contribution in [-0.2, 0) is 4.79 Å². The molecule has 0 radical (unpaired) electrons. The highest BCUT2D eigenvalue weighted by molar-refractivity contribution is 5.81. The monoisotopic (exact) mass is 421 g/mol. The minimum Gasteiger partial charge on any atom is -0.354 e.